The Morgan fingerprint density at radius 1 is 1.65 bits per heavy atom. The average Bonchev–Trinajstić information content (AvgIpc) is 2.92. The monoisotopic (exact) mass is 237 g/mol. The van der Waals surface area contributed by atoms with Gasteiger partial charge in [0.15, 0.2) is 0 Å². The summed E-state index contributed by atoms with van der Waals surface area (Å²) in [5.74, 6) is 0.327. The van der Waals surface area contributed by atoms with Gasteiger partial charge < -0.3 is 20.3 Å². The molecule has 2 heterocycles. The van der Waals surface area contributed by atoms with Gasteiger partial charge in [0.05, 0.1) is 17.8 Å². The maximum Gasteiger partial charge on any atom is 0.290 e. The molecule has 2 aliphatic rings. The fourth-order valence-corrected chi connectivity index (χ4v) is 2.62. The molecule has 2 fully saturated rings. The van der Waals surface area contributed by atoms with Crippen LogP contribution < -0.4 is 11.1 Å². The standard InChI is InChI=1S/C11H15N3O3/c1-5-4-7(17-14-5)11(15)13-9-8(12)6-2-3-16-10(6)9/h4,6,8-10H,2-3,12H2,1H3,(H,13,15). The molecule has 17 heavy (non-hydrogen) atoms. The van der Waals surface area contributed by atoms with E-state index in [1.54, 1.807) is 13.0 Å². The zero-order valence-electron chi connectivity index (χ0n) is 9.55. The second-order valence-corrected chi connectivity index (χ2v) is 4.70. The van der Waals surface area contributed by atoms with Crippen molar-refractivity contribution < 1.29 is 14.1 Å². The van der Waals surface area contributed by atoms with Crippen LogP contribution in [0.5, 0.6) is 0 Å². The molecule has 1 aromatic rings. The lowest BCUT2D eigenvalue weighted by atomic mass is 9.72. The average molecular weight is 237 g/mol. The van der Waals surface area contributed by atoms with Gasteiger partial charge in [-0.3, -0.25) is 4.79 Å². The van der Waals surface area contributed by atoms with E-state index in [0.717, 1.165) is 13.0 Å². The van der Waals surface area contributed by atoms with E-state index in [0.29, 0.717) is 11.6 Å². The predicted molar refractivity (Wildman–Crippen MR) is 58.3 cm³/mol. The number of carbonyl (C=O) groups is 1. The first-order chi connectivity index (χ1) is 8.16. The van der Waals surface area contributed by atoms with Crippen LogP contribution in [-0.2, 0) is 4.74 Å². The topological polar surface area (TPSA) is 90.4 Å². The molecule has 0 radical (unpaired) electrons. The number of rotatable bonds is 2. The van der Waals surface area contributed by atoms with Crippen LogP contribution in [0.25, 0.3) is 0 Å². The molecular weight excluding hydrogens is 222 g/mol. The number of carbonyl (C=O) groups excluding carboxylic acids is 1. The van der Waals surface area contributed by atoms with E-state index in [4.69, 9.17) is 15.0 Å². The Labute approximate surface area is 98.5 Å². The number of nitrogens with one attached hydrogen (secondary N) is 1. The zero-order valence-corrected chi connectivity index (χ0v) is 9.55. The molecular formula is C11H15N3O3. The molecule has 3 N–H and O–H groups in total. The summed E-state index contributed by atoms with van der Waals surface area (Å²) >= 11 is 0. The van der Waals surface area contributed by atoms with Crippen LogP contribution in [0.3, 0.4) is 0 Å². The smallest absolute Gasteiger partial charge is 0.290 e. The molecule has 4 atom stereocenters. The molecule has 1 amide bonds. The van der Waals surface area contributed by atoms with Gasteiger partial charge in [0.2, 0.25) is 5.76 Å². The van der Waals surface area contributed by atoms with Crippen LogP contribution in [0.2, 0.25) is 0 Å². The van der Waals surface area contributed by atoms with Crippen molar-refractivity contribution in [3.8, 4) is 0 Å². The number of hydrogen-bond acceptors (Lipinski definition) is 5. The van der Waals surface area contributed by atoms with Gasteiger partial charge in [0.1, 0.15) is 0 Å². The van der Waals surface area contributed by atoms with Crippen molar-refractivity contribution in [2.24, 2.45) is 11.7 Å². The molecule has 1 aromatic heterocycles. The third-order valence-electron chi connectivity index (χ3n) is 3.60. The van der Waals surface area contributed by atoms with E-state index >= 15 is 0 Å². The maximum atomic E-state index is 11.8. The van der Waals surface area contributed by atoms with Gasteiger partial charge in [-0.15, -0.1) is 0 Å². The van der Waals surface area contributed by atoms with Crippen molar-refractivity contribution in [3.05, 3.63) is 17.5 Å². The minimum atomic E-state index is -0.278. The maximum absolute atomic E-state index is 11.8. The lowest BCUT2D eigenvalue weighted by Crippen LogP contribution is -2.68. The van der Waals surface area contributed by atoms with E-state index in [-0.39, 0.29) is 29.9 Å². The molecule has 6 nitrogen and oxygen atoms in total. The van der Waals surface area contributed by atoms with E-state index in [1.165, 1.54) is 0 Å². The van der Waals surface area contributed by atoms with Crippen LogP contribution in [0.4, 0.5) is 0 Å². The second-order valence-electron chi connectivity index (χ2n) is 4.70. The number of amides is 1. The molecule has 1 aliphatic heterocycles. The molecule has 6 heteroatoms. The predicted octanol–water partition coefficient (Wildman–Crippen LogP) is -0.173. The summed E-state index contributed by atoms with van der Waals surface area (Å²) in [5.41, 5.74) is 6.68. The highest BCUT2D eigenvalue weighted by Gasteiger charge is 2.52. The second kappa shape index (κ2) is 3.82. The number of nitrogens with zero attached hydrogens (tertiary/aromatic N) is 1. The normalized spacial score (nSPS) is 35.2. The van der Waals surface area contributed by atoms with Crippen LogP contribution in [0.1, 0.15) is 22.7 Å². The fourth-order valence-electron chi connectivity index (χ4n) is 2.62. The summed E-state index contributed by atoms with van der Waals surface area (Å²) in [7, 11) is 0. The van der Waals surface area contributed by atoms with Gasteiger partial charge in [-0.05, 0) is 13.3 Å². The summed E-state index contributed by atoms with van der Waals surface area (Å²) in [5, 5.41) is 6.52. The number of aromatic nitrogens is 1. The Kier molecular flexibility index (Phi) is 2.41. The first kappa shape index (κ1) is 10.7. The highest BCUT2D eigenvalue weighted by molar-refractivity contribution is 5.91. The quantitative estimate of drug-likeness (QED) is 0.745. The minimum absolute atomic E-state index is 0.0181. The molecule has 0 aromatic carbocycles. The van der Waals surface area contributed by atoms with E-state index in [1.807, 2.05) is 0 Å². The summed E-state index contributed by atoms with van der Waals surface area (Å²) in [4.78, 5) is 11.8. The molecule has 0 bridgehead atoms. The van der Waals surface area contributed by atoms with Crippen LogP contribution in [0, 0.1) is 12.8 Å². The fraction of sp³-hybridized carbons (Fsp3) is 0.636. The number of aryl methyl sites for hydroxylation is 1. The molecule has 1 saturated heterocycles. The van der Waals surface area contributed by atoms with E-state index < -0.39 is 0 Å². The van der Waals surface area contributed by atoms with Crippen LogP contribution in [-0.4, -0.2) is 35.9 Å². The first-order valence-electron chi connectivity index (χ1n) is 5.78. The summed E-state index contributed by atoms with van der Waals surface area (Å²) in [6.07, 6.45) is 1.05. The van der Waals surface area contributed by atoms with Gasteiger partial charge in [-0.25, -0.2) is 0 Å². The minimum Gasteiger partial charge on any atom is -0.376 e. The zero-order chi connectivity index (χ0) is 12.0. The molecule has 1 saturated carbocycles. The van der Waals surface area contributed by atoms with Gasteiger partial charge in [-0.2, -0.15) is 0 Å². The Hall–Kier alpha value is -1.40. The van der Waals surface area contributed by atoms with Crippen molar-refractivity contribution in [1.82, 2.24) is 10.5 Å². The Morgan fingerprint density at radius 2 is 2.47 bits per heavy atom. The van der Waals surface area contributed by atoms with Gasteiger partial charge in [-0.1, -0.05) is 5.16 Å². The third kappa shape index (κ3) is 1.64. The van der Waals surface area contributed by atoms with Crippen molar-refractivity contribution in [3.63, 3.8) is 0 Å². The summed E-state index contributed by atoms with van der Waals surface area (Å²) in [6.45, 7) is 2.50. The van der Waals surface area contributed by atoms with E-state index in [9.17, 15) is 4.79 Å². The highest BCUT2D eigenvalue weighted by Crippen LogP contribution is 2.37. The lowest BCUT2D eigenvalue weighted by molar-refractivity contribution is -0.0165. The van der Waals surface area contributed by atoms with Gasteiger partial charge >= 0.3 is 0 Å². The summed E-state index contributed by atoms with van der Waals surface area (Å²) in [6, 6.07) is 1.47. The largest absolute Gasteiger partial charge is 0.376 e. The van der Waals surface area contributed by atoms with Crippen LogP contribution >= 0.6 is 0 Å². The van der Waals surface area contributed by atoms with Gasteiger partial charge in [0.25, 0.3) is 5.91 Å². The van der Waals surface area contributed by atoms with Crippen molar-refractivity contribution in [2.75, 3.05) is 6.61 Å². The summed E-state index contributed by atoms with van der Waals surface area (Å²) < 4.78 is 10.4. The molecule has 92 valence electrons. The first-order valence-corrected chi connectivity index (χ1v) is 5.78. The highest BCUT2D eigenvalue weighted by atomic mass is 16.5. The number of hydrogen-bond donors (Lipinski definition) is 2. The molecule has 3 rings (SSSR count). The third-order valence-corrected chi connectivity index (χ3v) is 3.60. The van der Waals surface area contributed by atoms with E-state index in [2.05, 4.69) is 10.5 Å². The van der Waals surface area contributed by atoms with Crippen molar-refractivity contribution in [2.45, 2.75) is 31.5 Å². The van der Waals surface area contributed by atoms with Crippen molar-refractivity contribution >= 4 is 5.91 Å². The number of ether oxygens (including phenoxy) is 1. The van der Waals surface area contributed by atoms with Crippen LogP contribution in [0.15, 0.2) is 10.6 Å². The SMILES string of the molecule is Cc1cc(C(=O)NC2C(N)C3CCOC32)on1. The number of fused-ring (bicyclic) bond motifs is 1. The molecule has 1 aliphatic carbocycles. The van der Waals surface area contributed by atoms with Crippen molar-refractivity contribution in [1.29, 1.82) is 0 Å². The molecule has 0 spiro atoms. The Balaban J connectivity index is 1.66. The Bertz CT molecular complexity index is 445. The molecule has 4 unspecified atom stereocenters. The number of nitrogens with two attached hydrogens (primary N) is 1. The lowest BCUT2D eigenvalue weighted by Gasteiger charge is -2.45. The Morgan fingerprint density at radius 3 is 3.18 bits per heavy atom. The van der Waals surface area contributed by atoms with Gasteiger partial charge in [0, 0.05) is 24.6 Å².